The van der Waals surface area contributed by atoms with Crippen molar-refractivity contribution in [3.05, 3.63) is 0 Å². The molecule has 0 aromatic heterocycles. The van der Waals surface area contributed by atoms with Crippen LogP contribution in [0.2, 0.25) is 0 Å². The Morgan fingerprint density at radius 3 is 1.55 bits per heavy atom. The molecule has 0 radical (unpaired) electrons. The summed E-state index contributed by atoms with van der Waals surface area (Å²) in [5.41, 5.74) is -1.20. The van der Waals surface area contributed by atoms with E-state index < -0.39 is 17.7 Å². The summed E-state index contributed by atoms with van der Waals surface area (Å²) in [4.78, 5) is 43.1. The van der Waals surface area contributed by atoms with E-state index in [1.54, 1.807) is 0 Å². The lowest BCUT2D eigenvalue weighted by Gasteiger charge is -2.51. The maximum Gasteiger partial charge on any atom is 0.409 e. The fourth-order valence-electron chi connectivity index (χ4n) is 4.01. The summed E-state index contributed by atoms with van der Waals surface area (Å²) in [6.07, 6.45) is 0.289. The predicted molar refractivity (Wildman–Crippen MR) is 121 cm³/mol. The highest BCUT2D eigenvalue weighted by Gasteiger charge is 2.55. The first-order valence-corrected chi connectivity index (χ1v) is 12.4. The van der Waals surface area contributed by atoms with E-state index in [4.69, 9.17) is 55.9 Å². The Labute approximate surface area is 203 Å². The number of fused-ring (bicyclic) bond motifs is 3. The molecule has 8 nitrogen and oxygen atoms in total. The van der Waals surface area contributed by atoms with Crippen molar-refractivity contribution in [3.63, 3.8) is 0 Å². The fourth-order valence-corrected chi connectivity index (χ4v) is 4.83. The van der Waals surface area contributed by atoms with E-state index in [0.717, 1.165) is 12.8 Å². The second kappa shape index (κ2) is 13.1. The summed E-state index contributed by atoms with van der Waals surface area (Å²) >= 11 is 23.0. The third kappa shape index (κ3) is 6.67. The summed E-state index contributed by atoms with van der Waals surface area (Å²) < 4.78 is 11.0. The Bertz CT molecular complexity index is 575. The molecule has 0 unspecified atom stereocenters. The van der Waals surface area contributed by atoms with Gasteiger partial charge in [0.25, 0.3) is 0 Å². The van der Waals surface area contributed by atoms with Gasteiger partial charge in [0.05, 0.1) is 0 Å². The predicted octanol–water partition coefficient (Wildman–Crippen LogP) is 2.85. The first-order chi connectivity index (χ1) is 14.9. The second-order valence-corrected chi connectivity index (χ2v) is 9.01. The van der Waals surface area contributed by atoms with E-state index in [0.29, 0.717) is 13.1 Å². The Morgan fingerprint density at radius 1 is 0.839 bits per heavy atom. The van der Waals surface area contributed by atoms with E-state index in [2.05, 4.69) is 0 Å². The number of piperidine rings is 3. The van der Waals surface area contributed by atoms with Gasteiger partial charge >= 0.3 is 12.2 Å². The zero-order valence-corrected chi connectivity index (χ0v) is 20.4. The van der Waals surface area contributed by atoms with Gasteiger partial charge in [-0.1, -0.05) is 0 Å². The van der Waals surface area contributed by atoms with Gasteiger partial charge in [-0.05, 0) is 12.8 Å². The normalized spacial score (nSPS) is 21.6. The van der Waals surface area contributed by atoms with Gasteiger partial charge in [-0.25, -0.2) is 9.59 Å². The molecule has 0 aromatic rings. The Balaban J connectivity index is 2.12. The Hall–Kier alpha value is -0.670. The number of carbonyl (C=O) groups excluding carboxylic acids is 3. The Morgan fingerprint density at radius 2 is 1.23 bits per heavy atom. The van der Waals surface area contributed by atoms with Crippen LogP contribution in [0, 0.1) is 5.92 Å². The molecule has 31 heavy (non-hydrogen) atoms. The van der Waals surface area contributed by atoms with Crippen molar-refractivity contribution in [2.75, 3.05) is 76.0 Å². The minimum Gasteiger partial charge on any atom is -0.447 e. The third-order valence-corrected chi connectivity index (χ3v) is 6.41. The van der Waals surface area contributed by atoms with Crippen molar-refractivity contribution in [2.45, 2.75) is 18.4 Å². The molecule has 0 aliphatic carbocycles. The largest absolute Gasteiger partial charge is 0.447 e. The number of ether oxygens (including phenoxy) is 2. The van der Waals surface area contributed by atoms with Gasteiger partial charge in [-0.3, -0.25) is 9.69 Å². The lowest BCUT2D eigenvalue weighted by atomic mass is 9.74. The standard InChI is InChI=1S/C19H29Cl4N3O5/c20-3-9-24(10-4-21)17(28)30-13-19(16(27)15-1-7-26(19)8-2-15)14-31-18(29)25(11-5-22)12-6-23/h15H,1-14H2. The number of ketones is 1. The average Bonchev–Trinajstić information content (AvgIpc) is 2.78. The first kappa shape index (κ1) is 26.6. The van der Waals surface area contributed by atoms with Crippen LogP contribution < -0.4 is 0 Å². The van der Waals surface area contributed by atoms with Crippen LogP contribution in [0.4, 0.5) is 9.59 Å². The summed E-state index contributed by atoms with van der Waals surface area (Å²) in [7, 11) is 0. The zero-order valence-electron chi connectivity index (χ0n) is 17.4. The molecule has 0 N–H and O–H groups in total. The molecule has 12 heteroatoms. The lowest BCUT2D eigenvalue weighted by Crippen LogP contribution is -2.69. The van der Waals surface area contributed by atoms with Gasteiger partial charge in [0.2, 0.25) is 0 Å². The van der Waals surface area contributed by atoms with Crippen molar-refractivity contribution in [1.82, 2.24) is 14.7 Å². The molecule has 0 aromatic carbocycles. The zero-order chi connectivity index (χ0) is 22.9. The average molecular weight is 521 g/mol. The van der Waals surface area contributed by atoms with Gasteiger partial charge in [0.15, 0.2) is 5.78 Å². The molecule has 178 valence electrons. The molecule has 3 heterocycles. The van der Waals surface area contributed by atoms with Crippen LogP contribution in [0.1, 0.15) is 12.8 Å². The molecule has 3 saturated heterocycles. The third-order valence-electron chi connectivity index (χ3n) is 5.73. The topological polar surface area (TPSA) is 79.4 Å². The van der Waals surface area contributed by atoms with Gasteiger partial charge in [0, 0.05) is 68.7 Å². The maximum atomic E-state index is 13.2. The molecule has 3 aliphatic rings. The van der Waals surface area contributed by atoms with Crippen molar-refractivity contribution < 1.29 is 23.9 Å². The molecule has 0 atom stereocenters. The van der Waals surface area contributed by atoms with Crippen LogP contribution in [0.15, 0.2) is 0 Å². The number of alkyl halides is 4. The van der Waals surface area contributed by atoms with Crippen molar-refractivity contribution in [2.24, 2.45) is 5.92 Å². The van der Waals surface area contributed by atoms with Gasteiger partial charge in [-0.2, -0.15) is 0 Å². The molecule has 2 bridgehead atoms. The minimum absolute atomic E-state index is 0.0620. The van der Waals surface area contributed by atoms with Crippen molar-refractivity contribution >= 4 is 64.4 Å². The van der Waals surface area contributed by atoms with E-state index in [-0.39, 0.29) is 74.6 Å². The molecular weight excluding hydrogens is 492 g/mol. The molecule has 0 spiro atoms. The lowest BCUT2D eigenvalue weighted by molar-refractivity contribution is -0.157. The molecule has 3 rings (SSSR count). The first-order valence-electron chi connectivity index (χ1n) is 10.3. The number of amides is 2. The fraction of sp³-hybridized carbons (Fsp3) is 0.842. The number of nitrogens with zero attached hydrogens (tertiary/aromatic N) is 3. The van der Waals surface area contributed by atoms with Crippen LogP contribution in [-0.2, 0) is 14.3 Å². The molecule has 3 aliphatic heterocycles. The number of carbonyl (C=O) groups is 3. The SMILES string of the molecule is O=C(OCC1(COC(=O)N(CCCl)CCCl)C(=O)C2CCN1CC2)N(CCCl)CCCl. The van der Waals surface area contributed by atoms with Crippen LogP contribution >= 0.6 is 46.4 Å². The molecule has 2 amide bonds. The van der Waals surface area contributed by atoms with Crippen LogP contribution in [0.3, 0.4) is 0 Å². The van der Waals surface area contributed by atoms with Crippen molar-refractivity contribution in [1.29, 1.82) is 0 Å². The number of halogens is 4. The van der Waals surface area contributed by atoms with Gasteiger partial charge in [-0.15, -0.1) is 46.4 Å². The second-order valence-electron chi connectivity index (χ2n) is 7.50. The number of hydrogen-bond donors (Lipinski definition) is 0. The highest BCUT2D eigenvalue weighted by Crippen LogP contribution is 2.37. The van der Waals surface area contributed by atoms with E-state index >= 15 is 0 Å². The summed E-state index contributed by atoms with van der Waals surface area (Å²) in [5.74, 6) is 0.745. The summed E-state index contributed by atoms with van der Waals surface area (Å²) in [6, 6.07) is 0. The number of Topliss-reactive ketones (excluding diaryl/α,β-unsaturated/α-hetero) is 1. The van der Waals surface area contributed by atoms with Crippen molar-refractivity contribution in [3.8, 4) is 0 Å². The van der Waals surface area contributed by atoms with E-state index in [1.807, 2.05) is 4.90 Å². The quantitative estimate of drug-likeness (QED) is 0.368. The summed E-state index contributed by atoms with van der Waals surface area (Å²) in [5, 5.41) is 0. The monoisotopic (exact) mass is 519 g/mol. The summed E-state index contributed by atoms with van der Waals surface area (Å²) in [6.45, 7) is 2.04. The smallest absolute Gasteiger partial charge is 0.409 e. The van der Waals surface area contributed by atoms with Crippen LogP contribution in [0.25, 0.3) is 0 Å². The van der Waals surface area contributed by atoms with E-state index in [1.165, 1.54) is 9.80 Å². The molecular formula is C19H29Cl4N3O5. The Kier molecular flexibility index (Phi) is 11.3. The highest BCUT2D eigenvalue weighted by molar-refractivity contribution is 6.19. The van der Waals surface area contributed by atoms with Crippen LogP contribution in [0.5, 0.6) is 0 Å². The van der Waals surface area contributed by atoms with Gasteiger partial charge in [0.1, 0.15) is 18.8 Å². The highest BCUT2D eigenvalue weighted by atomic mass is 35.5. The maximum absolute atomic E-state index is 13.2. The number of hydrogen-bond acceptors (Lipinski definition) is 6. The van der Waals surface area contributed by atoms with Gasteiger partial charge < -0.3 is 19.3 Å². The molecule has 3 fully saturated rings. The van der Waals surface area contributed by atoms with E-state index in [9.17, 15) is 14.4 Å². The minimum atomic E-state index is -1.20. The van der Waals surface area contributed by atoms with Crippen LogP contribution in [-0.4, -0.2) is 114 Å². The molecule has 0 saturated carbocycles. The number of rotatable bonds is 12.